The van der Waals surface area contributed by atoms with Crippen LogP contribution in [0.4, 0.5) is 23.7 Å². The van der Waals surface area contributed by atoms with E-state index in [0.717, 1.165) is 12.1 Å². The van der Waals surface area contributed by atoms with Crippen LogP contribution in [-0.4, -0.2) is 36.0 Å². The van der Waals surface area contributed by atoms with Gasteiger partial charge in [0, 0.05) is 35.2 Å². The van der Waals surface area contributed by atoms with E-state index >= 15 is 0 Å². The highest BCUT2D eigenvalue weighted by molar-refractivity contribution is 5.99. The van der Waals surface area contributed by atoms with Gasteiger partial charge in [-0.05, 0) is 49.4 Å². The number of anilines is 1. The first-order valence-electron chi connectivity index (χ1n) is 11.5. The number of imidazole rings is 1. The van der Waals surface area contributed by atoms with E-state index in [4.69, 9.17) is 10.5 Å². The van der Waals surface area contributed by atoms with Gasteiger partial charge in [0.2, 0.25) is 11.8 Å². The number of nitrogens with two attached hydrogens (primary N) is 1. The fourth-order valence-electron chi connectivity index (χ4n) is 3.93. The number of ether oxygens (including phenoxy) is 1. The third kappa shape index (κ3) is 5.71. The van der Waals surface area contributed by atoms with Crippen LogP contribution in [0.2, 0.25) is 0 Å². The number of primary amides is 1. The highest BCUT2D eigenvalue weighted by Gasteiger charge is 2.31. The number of carbonyl (C=O) groups is 2. The summed E-state index contributed by atoms with van der Waals surface area (Å²) in [7, 11) is 0. The van der Waals surface area contributed by atoms with Crippen LogP contribution in [0.15, 0.2) is 73.6 Å². The molecule has 0 saturated carbocycles. The molecular weight excluding hydrogens is 515 g/mol. The standard InChI is InChI=1S/C26H20F3N7O3/c1-15-12-35(14-33-15)20-8-17(26(27,28)29)7-19(9-20)34-25(38)36-5-4-16-6-21(2-3-22(16)36)39-24-11-18(10-23(30)37)31-13-32-24/h2-9,11-14H,10H2,1H3,(H2,30,37)(H,34,38). The largest absolute Gasteiger partial charge is 0.439 e. The molecule has 2 amide bonds. The Hall–Kier alpha value is -5.20. The van der Waals surface area contributed by atoms with E-state index in [2.05, 4.69) is 20.3 Å². The van der Waals surface area contributed by atoms with Gasteiger partial charge < -0.3 is 20.4 Å². The van der Waals surface area contributed by atoms with Crippen LogP contribution in [0, 0.1) is 6.92 Å². The Balaban J connectivity index is 1.39. The van der Waals surface area contributed by atoms with Gasteiger partial charge in [-0.3, -0.25) is 9.36 Å². The number of aryl methyl sites for hydroxylation is 1. The number of hydrogen-bond donors (Lipinski definition) is 2. The quantitative estimate of drug-likeness (QED) is 0.320. The van der Waals surface area contributed by atoms with Crippen LogP contribution in [0.3, 0.4) is 0 Å². The summed E-state index contributed by atoms with van der Waals surface area (Å²) in [6.07, 6.45) is 1.04. The summed E-state index contributed by atoms with van der Waals surface area (Å²) in [5, 5.41) is 3.18. The number of nitrogens with zero attached hydrogens (tertiary/aromatic N) is 5. The van der Waals surface area contributed by atoms with Gasteiger partial charge in [0.05, 0.1) is 35.2 Å². The molecule has 0 spiro atoms. The zero-order valence-corrected chi connectivity index (χ0v) is 20.3. The lowest BCUT2D eigenvalue weighted by molar-refractivity contribution is -0.137. The molecule has 10 nitrogen and oxygen atoms in total. The smallest absolute Gasteiger partial charge is 0.416 e. The van der Waals surface area contributed by atoms with Crippen molar-refractivity contribution >= 4 is 28.5 Å². The molecule has 3 N–H and O–H groups in total. The Morgan fingerprint density at radius 1 is 1.05 bits per heavy atom. The number of halogens is 3. The maximum absolute atomic E-state index is 13.6. The Morgan fingerprint density at radius 2 is 1.87 bits per heavy atom. The van der Waals surface area contributed by atoms with Gasteiger partial charge in [0.1, 0.15) is 12.1 Å². The lowest BCUT2D eigenvalue weighted by Gasteiger charge is -2.14. The monoisotopic (exact) mass is 535 g/mol. The van der Waals surface area contributed by atoms with Gasteiger partial charge in [-0.15, -0.1) is 0 Å². The van der Waals surface area contributed by atoms with E-state index in [1.807, 2.05) is 0 Å². The minimum atomic E-state index is -4.62. The molecule has 3 aromatic heterocycles. The highest BCUT2D eigenvalue weighted by Crippen LogP contribution is 2.33. The minimum Gasteiger partial charge on any atom is -0.439 e. The molecule has 0 aliphatic heterocycles. The van der Waals surface area contributed by atoms with E-state index < -0.39 is 23.7 Å². The molecule has 0 fully saturated rings. The van der Waals surface area contributed by atoms with E-state index in [0.29, 0.717) is 28.0 Å². The Kier molecular flexibility index (Phi) is 6.48. The number of carbonyl (C=O) groups excluding carboxylic acids is 2. The molecule has 0 saturated heterocycles. The van der Waals surface area contributed by atoms with Crippen molar-refractivity contribution < 1.29 is 27.5 Å². The number of nitrogens with one attached hydrogen (secondary N) is 1. The third-order valence-electron chi connectivity index (χ3n) is 5.66. The summed E-state index contributed by atoms with van der Waals surface area (Å²) in [5.41, 5.74) is 5.97. The summed E-state index contributed by atoms with van der Waals surface area (Å²) in [6, 6.07) is 10.7. The van der Waals surface area contributed by atoms with Gasteiger partial charge in [0.15, 0.2) is 0 Å². The molecule has 0 aliphatic rings. The topological polar surface area (TPSA) is 130 Å². The van der Waals surface area contributed by atoms with E-state index in [1.54, 1.807) is 37.4 Å². The number of benzene rings is 2. The summed E-state index contributed by atoms with van der Waals surface area (Å²) < 4.78 is 49.2. The van der Waals surface area contributed by atoms with Gasteiger partial charge in [-0.25, -0.2) is 19.7 Å². The Morgan fingerprint density at radius 3 is 2.59 bits per heavy atom. The molecule has 198 valence electrons. The summed E-state index contributed by atoms with van der Waals surface area (Å²) in [6.45, 7) is 1.72. The predicted octanol–water partition coefficient (Wildman–Crippen LogP) is 4.84. The predicted molar refractivity (Wildman–Crippen MR) is 135 cm³/mol. The molecule has 3 heterocycles. The second-order valence-corrected chi connectivity index (χ2v) is 8.62. The maximum atomic E-state index is 13.6. The van der Waals surface area contributed by atoms with E-state index in [9.17, 15) is 22.8 Å². The second kappa shape index (κ2) is 9.93. The number of fused-ring (bicyclic) bond motifs is 1. The molecule has 0 unspecified atom stereocenters. The van der Waals surface area contributed by atoms with Crippen molar-refractivity contribution in [3.8, 4) is 17.3 Å². The fraction of sp³-hybridized carbons (Fsp3) is 0.115. The normalized spacial score (nSPS) is 11.5. The second-order valence-electron chi connectivity index (χ2n) is 8.62. The van der Waals surface area contributed by atoms with E-state index in [-0.39, 0.29) is 23.7 Å². The molecule has 0 aliphatic carbocycles. The van der Waals surface area contributed by atoms with Crippen LogP contribution >= 0.6 is 0 Å². The lowest BCUT2D eigenvalue weighted by atomic mass is 10.1. The number of amides is 2. The molecule has 2 aromatic carbocycles. The van der Waals surface area contributed by atoms with Crippen LogP contribution in [0.5, 0.6) is 11.6 Å². The van der Waals surface area contributed by atoms with Gasteiger partial charge in [-0.1, -0.05) is 0 Å². The molecule has 5 aromatic rings. The first-order chi connectivity index (χ1) is 18.5. The Labute approximate surface area is 218 Å². The van der Waals surface area contributed by atoms with Crippen molar-refractivity contribution in [2.75, 3.05) is 5.32 Å². The number of alkyl halides is 3. The first kappa shape index (κ1) is 25.4. The minimum absolute atomic E-state index is 0.0338. The van der Waals surface area contributed by atoms with E-state index in [1.165, 1.54) is 40.1 Å². The molecule has 13 heteroatoms. The van der Waals surface area contributed by atoms with Gasteiger partial charge in [-0.2, -0.15) is 13.2 Å². The summed E-state index contributed by atoms with van der Waals surface area (Å²) in [5.74, 6) is 0.0626. The van der Waals surface area contributed by atoms with Crippen LogP contribution in [0.25, 0.3) is 16.6 Å². The van der Waals surface area contributed by atoms with Crippen LogP contribution < -0.4 is 15.8 Å². The number of aromatic nitrogens is 5. The lowest BCUT2D eigenvalue weighted by Crippen LogP contribution is -2.19. The van der Waals surface area contributed by atoms with Gasteiger partial charge in [0.25, 0.3) is 0 Å². The molecule has 39 heavy (non-hydrogen) atoms. The molecule has 0 radical (unpaired) electrons. The number of rotatable bonds is 6. The highest BCUT2D eigenvalue weighted by atomic mass is 19.4. The SMILES string of the molecule is Cc1cn(-c2cc(NC(=O)n3ccc4cc(Oc5cc(CC(N)=O)ncn5)ccc43)cc(C(F)(F)F)c2)cn1. The Bertz CT molecular complexity index is 1710. The van der Waals surface area contributed by atoms with Crippen molar-refractivity contribution in [3.05, 3.63) is 90.5 Å². The molecule has 0 bridgehead atoms. The van der Waals surface area contributed by atoms with Crippen molar-refractivity contribution in [2.24, 2.45) is 5.73 Å². The zero-order valence-electron chi connectivity index (χ0n) is 20.3. The zero-order chi connectivity index (χ0) is 27.7. The number of hydrogen-bond acceptors (Lipinski definition) is 6. The molecule has 0 atom stereocenters. The summed E-state index contributed by atoms with van der Waals surface area (Å²) >= 11 is 0. The fourth-order valence-corrected chi connectivity index (χ4v) is 3.93. The van der Waals surface area contributed by atoms with Crippen LogP contribution in [0.1, 0.15) is 17.0 Å². The van der Waals surface area contributed by atoms with Crippen molar-refractivity contribution in [1.29, 1.82) is 0 Å². The van der Waals surface area contributed by atoms with Crippen molar-refractivity contribution in [1.82, 2.24) is 24.1 Å². The molecule has 5 rings (SSSR count). The summed E-state index contributed by atoms with van der Waals surface area (Å²) in [4.78, 5) is 36.2. The van der Waals surface area contributed by atoms with Crippen LogP contribution in [-0.2, 0) is 17.4 Å². The molecular formula is C26H20F3N7O3. The first-order valence-corrected chi connectivity index (χ1v) is 11.5. The average molecular weight is 535 g/mol. The third-order valence-corrected chi connectivity index (χ3v) is 5.66. The maximum Gasteiger partial charge on any atom is 0.416 e. The van der Waals surface area contributed by atoms with Gasteiger partial charge >= 0.3 is 12.2 Å². The van der Waals surface area contributed by atoms with Crippen molar-refractivity contribution in [3.63, 3.8) is 0 Å². The average Bonchev–Trinajstić information content (AvgIpc) is 3.49. The van der Waals surface area contributed by atoms with Crippen molar-refractivity contribution in [2.45, 2.75) is 19.5 Å².